The molecule has 1 amide bonds. The normalized spacial score (nSPS) is 12.5. The minimum Gasteiger partial charge on any atom is -0.349 e. The third-order valence-electron chi connectivity index (χ3n) is 4.86. The number of nitrogens with zero attached hydrogens (tertiary/aromatic N) is 3. The summed E-state index contributed by atoms with van der Waals surface area (Å²) < 4.78 is 27.6. The van der Waals surface area contributed by atoms with Crippen LogP contribution in [0.15, 0.2) is 47.6 Å². The number of carbonyl (C=O) groups excluding carboxylic acids is 1. The van der Waals surface area contributed by atoms with Crippen molar-refractivity contribution in [2.24, 2.45) is 0 Å². The van der Waals surface area contributed by atoms with Gasteiger partial charge in [-0.3, -0.25) is 9.36 Å². The van der Waals surface area contributed by atoms with Crippen LogP contribution in [0.2, 0.25) is 10.0 Å². The number of nitrogens with one attached hydrogen (secondary N) is 1. The van der Waals surface area contributed by atoms with Gasteiger partial charge in [0.25, 0.3) is 5.16 Å². The van der Waals surface area contributed by atoms with Crippen LogP contribution in [-0.2, 0) is 21.2 Å². The summed E-state index contributed by atoms with van der Waals surface area (Å²) in [6.07, 6.45) is 0.680. The molecule has 1 aromatic heterocycles. The van der Waals surface area contributed by atoms with Gasteiger partial charge in [-0.1, -0.05) is 60.0 Å². The number of carbonyl (C=O) groups is 1. The van der Waals surface area contributed by atoms with Crippen LogP contribution in [0.1, 0.15) is 37.4 Å². The Morgan fingerprint density at radius 1 is 1.12 bits per heavy atom. The van der Waals surface area contributed by atoms with Crippen LogP contribution in [0.25, 0.3) is 11.4 Å². The SMILES string of the molecule is CCCn1c(-c2cccc(C)c2)nnc1S(=O)(=O)CC(=O)N[C@@H](C)c1ccc(Cl)c(Cl)c1. The monoisotopic (exact) mass is 494 g/mol. The van der Waals surface area contributed by atoms with E-state index >= 15 is 0 Å². The minimum absolute atomic E-state index is 0.215. The van der Waals surface area contributed by atoms with E-state index in [0.29, 0.717) is 34.4 Å². The van der Waals surface area contributed by atoms with Gasteiger partial charge in [0.05, 0.1) is 16.1 Å². The van der Waals surface area contributed by atoms with Crippen molar-refractivity contribution in [2.75, 3.05) is 5.75 Å². The second-order valence-electron chi connectivity index (χ2n) is 7.55. The van der Waals surface area contributed by atoms with Crippen molar-refractivity contribution in [2.45, 2.75) is 44.9 Å². The lowest BCUT2D eigenvalue weighted by molar-refractivity contribution is -0.119. The first-order valence-corrected chi connectivity index (χ1v) is 12.5. The Morgan fingerprint density at radius 2 is 1.88 bits per heavy atom. The average molecular weight is 495 g/mol. The molecule has 3 rings (SSSR count). The second-order valence-corrected chi connectivity index (χ2v) is 10.2. The lowest BCUT2D eigenvalue weighted by atomic mass is 10.1. The largest absolute Gasteiger partial charge is 0.349 e. The zero-order valence-electron chi connectivity index (χ0n) is 18.0. The number of aryl methyl sites for hydroxylation is 1. The van der Waals surface area contributed by atoms with Gasteiger partial charge in [-0.25, -0.2) is 8.42 Å². The second kappa shape index (κ2) is 10.0. The van der Waals surface area contributed by atoms with Crippen molar-refractivity contribution in [1.29, 1.82) is 0 Å². The van der Waals surface area contributed by atoms with Gasteiger partial charge < -0.3 is 5.32 Å². The smallest absolute Gasteiger partial charge is 0.250 e. The number of sulfone groups is 1. The van der Waals surface area contributed by atoms with Crippen molar-refractivity contribution < 1.29 is 13.2 Å². The number of hydrogen-bond acceptors (Lipinski definition) is 5. The maximum Gasteiger partial charge on any atom is 0.250 e. The van der Waals surface area contributed by atoms with E-state index < -0.39 is 27.5 Å². The predicted octanol–water partition coefficient (Wildman–Crippen LogP) is 4.62. The van der Waals surface area contributed by atoms with Crippen LogP contribution in [0.3, 0.4) is 0 Å². The lowest BCUT2D eigenvalue weighted by Crippen LogP contribution is -2.33. The number of amides is 1. The molecular weight excluding hydrogens is 471 g/mol. The molecule has 10 heteroatoms. The van der Waals surface area contributed by atoms with Gasteiger partial charge in [0, 0.05) is 12.1 Å². The van der Waals surface area contributed by atoms with Gasteiger partial charge in [0.1, 0.15) is 5.75 Å². The fraction of sp³-hybridized carbons (Fsp3) is 0.318. The van der Waals surface area contributed by atoms with E-state index in [4.69, 9.17) is 23.2 Å². The van der Waals surface area contributed by atoms with Crippen molar-refractivity contribution in [3.8, 4) is 11.4 Å². The van der Waals surface area contributed by atoms with Gasteiger partial charge in [0.2, 0.25) is 15.7 Å². The molecule has 32 heavy (non-hydrogen) atoms. The molecule has 0 aliphatic heterocycles. The molecular formula is C22H24Cl2N4O3S. The molecule has 0 aliphatic rings. The van der Waals surface area contributed by atoms with Crippen LogP contribution in [0.5, 0.6) is 0 Å². The standard InChI is InChI=1S/C22H24Cl2N4O3S/c1-4-10-28-21(17-7-5-6-14(2)11-17)26-27-22(28)32(30,31)13-20(29)25-15(3)16-8-9-18(23)19(24)12-16/h5-9,11-12,15H,4,10,13H2,1-3H3,(H,25,29)/t15-/m0/s1. The first-order valence-electron chi connectivity index (χ1n) is 10.1. The van der Waals surface area contributed by atoms with E-state index in [1.807, 2.05) is 38.1 Å². The highest BCUT2D eigenvalue weighted by Crippen LogP contribution is 2.26. The summed E-state index contributed by atoms with van der Waals surface area (Å²) in [7, 11) is -4.02. The highest BCUT2D eigenvalue weighted by Gasteiger charge is 2.28. The molecule has 1 N–H and O–H groups in total. The summed E-state index contributed by atoms with van der Waals surface area (Å²) in [5.74, 6) is -0.931. The van der Waals surface area contributed by atoms with Crippen LogP contribution in [-0.4, -0.2) is 34.8 Å². The first-order chi connectivity index (χ1) is 15.1. The summed E-state index contributed by atoms with van der Waals surface area (Å²) in [4.78, 5) is 12.6. The van der Waals surface area contributed by atoms with E-state index in [1.54, 1.807) is 29.7 Å². The van der Waals surface area contributed by atoms with Crippen LogP contribution >= 0.6 is 23.2 Å². The number of rotatable bonds is 8. The maximum absolute atomic E-state index is 13.0. The fourth-order valence-electron chi connectivity index (χ4n) is 3.33. The van der Waals surface area contributed by atoms with Gasteiger partial charge in [-0.15, -0.1) is 10.2 Å². The molecule has 3 aromatic rings. The van der Waals surface area contributed by atoms with Crippen LogP contribution in [0.4, 0.5) is 0 Å². The Hall–Kier alpha value is -2.42. The Kier molecular flexibility index (Phi) is 7.59. The number of hydrogen-bond donors (Lipinski definition) is 1. The average Bonchev–Trinajstić information content (AvgIpc) is 3.14. The first kappa shape index (κ1) is 24.2. The number of aromatic nitrogens is 3. The summed E-state index contributed by atoms with van der Waals surface area (Å²) in [6.45, 7) is 6.02. The van der Waals surface area contributed by atoms with Gasteiger partial charge in [-0.2, -0.15) is 0 Å². The van der Waals surface area contributed by atoms with Gasteiger partial charge in [-0.05, 0) is 44.0 Å². The van der Waals surface area contributed by atoms with E-state index in [9.17, 15) is 13.2 Å². The zero-order chi connectivity index (χ0) is 23.5. The van der Waals surface area contributed by atoms with Crippen LogP contribution < -0.4 is 5.32 Å². The predicted molar refractivity (Wildman–Crippen MR) is 126 cm³/mol. The third-order valence-corrected chi connectivity index (χ3v) is 7.10. The summed E-state index contributed by atoms with van der Waals surface area (Å²) in [5.41, 5.74) is 2.50. The van der Waals surface area contributed by atoms with E-state index in [0.717, 1.165) is 11.1 Å². The molecule has 0 unspecified atom stereocenters. The molecule has 1 heterocycles. The molecule has 0 bridgehead atoms. The maximum atomic E-state index is 13.0. The highest BCUT2D eigenvalue weighted by atomic mass is 35.5. The van der Waals surface area contributed by atoms with Crippen molar-refractivity contribution in [3.63, 3.8) is 0 Å². The van der Waals surface area contributed by atoms with Crippen molar-refractivity contribution in [3.05, 3.63) is 63.6 Å². The molecule has 7 nitrogen and oxygen atoms in total. The quantitative estimate of drug-likeness (QED) is 0.492. The summed E-state index contributed by atoms with van der Waals surface area (Å²) in [6, 6.07) is 12.1. The molecule has 1 atom stereocenters. The Morgan fingerprint density at radius 3 is 2.53 bits per heavy atom. The van der Waals surface area contributed by atoms with E-state index in [1.165, 1.54) is 0 Å². The Labute approximate surface area is 197 Å². The summed E-state index contributed by atoms with van der Waals surface area (Å²) in [5, 5.41) is 11.3. The number of halogens is 2. The van der Waals surface area contributed by atoms with Crippen LogP contribution in [0, 0.1) is 6.92 Å². The molecule has 0 radical (unpaired) electrons. The highest BCUT2D eigenvalue weighted by molar-refractivity contribution is 7.92. The zero-order valence-corrected chi connectivity index (χ0v) is 20.3. The molecule has 0 spiro atoms. The van der Waals surface area contributed by atoms with E-state index in [-0.39, 0.29) is 5.16 Å². The molecule has 2 aromatic carbocycles. The third kappa shape index (κ3) is 5.49. The Bertz CT molecular complexity index is 1240. The van der Waals surface area contributed by atoms with Gasteiger partial charge in [0.15, 0.2) is 5.82 Å². The molecule has 170 valence electrons. The van der Waals surface area contributed by atoms with Crippen molar-refractivity contribution in [1.82, 2.24) is 20.1 Å². The topological polar surface area (TPSA) is 93.9 Å². The minimum atomic E-state index is -4.02. The molecule has 0 aliphatic carbocycles. The lowest BCUT2D eigenvalue weighted by Gasteiger charge is -2.15. The molecule has 0 saturated carbocycles. The molecule has 0 fully saturated rings. The van der Waals surface area contributed by atoms with E-state index in [2.05, 4.69) is 15.5 Å². The Balaban J connectivity index is 1.82. The fourth-order valence-corrected chi connectivity index (χ4v) is 4.87. The van der Waals surface area contributed by atoms with Gasteiger partial charge >= 0.3 is 0 Å². The number of benzene rings is 2. The van der Waals surface area contributed by atoms with Crippen molar-refractivity contribution >= 4 is 38.9 Å². The molecule has 0 saturated heterocycles. The summed E-state index contributed by atoms with van der Waals surface area (Å²) >= 11 is 12.0.